The molecule has 1 heterocycles. The van der Waals surface area contributed by atoms with Crippen molar-refractivity contribution in [2.24, 2.45) is 11.8 Å². The molecule has 12 heteroatoms. The fraction of sp³-hybridized carbons (Fsp3) is 0.370. The summed E-state index contributed by atoms with van der Waals surface area (Å²) in [6, 6.07) is 6.05. The SMILES string of the molecule is O=C(O)CCNC(=O)c1ccc2c(c1)nc(C1CC3C=CC1C3)n2Cc1cc(C(F)(F)F)cc(C(F)(F)F)c1. The topological polar surface area (TPSA) is 84.2 Å². The molecule has 6 nitrogen and oxygen atoms in total. The lowest BCUT2D eigenvalue weighted by Gasteiger charge is -2.20. The van der Waals surface area contributed by atoms with E-state index in [0.29, 0.717) is 22.8 Å². The molecular weight excluding hydrogens is 528 g/mol. The van der Waals surface area contributed by atoms with Gasteiger partial charge in [0.2, 0.25) is 0 Å². The van der Waals surface area contributed by atoms with Gasteiger partial charge in [0.05, 0.1) is 28.6 Å². The van der Waals surface area contributed by atoms with Gasteiger partial charge in [-0.05, 0) is 66.6 Å². The minimum absolute atomic E-state index is 0.0758. The molecule has 2 bridgehead atoms. The maximum atomic E-state index is 13.5. The molecule has 1 amide bonds. The molecule has 2 aliphatic rings. The fourth-order valence-electron chi connectivity index (χ4n) is 5.49. The summed E-state index contributed by atoms with van der Waals surface area (Å²) < 4.78 is 82.5. The molecule has 206 valence electrons. The van der Waals surface area contributed by atoms with E-state index < -0.39 is 35.4 Å². The van der Waals surface area contributed by atoms with E-state index in [0.717, 1.165) is 25.0 Å². The van der Waals surface area contributed by atoms with Gasteiger partial charge in [-0.3, -0.25) is 9.59 Å². The van der Waals surface area contributed by atoms with Gasteiger partial charge < -0.3 is 15.0 Å². The standard InChI is InChI=1S/C27H23F6N3O3/c28-26(29,30)18-8-15(9-19(12-18)27(31,32)33)13-36-22-4-3-17(25(39)34-6-5-23(37)38)11-21(22)35-24(36)20-10-14-1-2-16(20)7-14/h1-4,8-9,11-12,14,16,20H,5-7,10,13H2,(H,34,39)(H,37,38). The molecule has 3 atom stereocenters. The van der Waals surface area contributed by atoms with Crippen LogP contribution >= 0.6 is 0 Å². The van der Waals surface area contributed by atoms with Crippen molar-refractivity contribution in [3.8, 4) is 0 Å². The first kappa shape index (κ1) is 26.8. The van der Waals surface area contributed by atoms with Crippen LogP contribution in [0.1, 0.15) is 58.1 Å². The Morgan fingerprint density at radius 3 is 2.23 bits per heavy atom. The molecule has 2 aliphatic carbocycles. The van der Waals surface area contributed by atoms with Crippen molar-refractivity contribution >= 4 is 22.9 Å². The average Bonchev–Trinajstić information content (AvgIpc) is 3.57. The Hall–Kier alpha value is -3.83. The van der Waals surface area contributed by atoms with Crippen LogP contribution < -0.4 is 5.32 Å². The number of fused-ring (bicyclic) bond motifs is 3. The van der Waals surface area contributed by atoms with E-state index in [1.807, 2.05) is 0 Å². The summed E-state index contributed by atoms with van der Waals surface area (Å²) >= 11 is 0. The normalized spacial score (nSPS) is 20.6. The van der Waals surface area contributed by atoms with Gasteiger partial charge in [0, 0.05) is 24.6 Å². The largest absolute Gasteiger partial charge is 0.481 e. The van der Waals surface area contributed by atoms with Crippen LogP contribution in [0.25, 0.3) is 11.0 Å². The average molecular weight is 551 g/mol. The number of carbonyl (C=O) groups is 2. The second-order valence-electron chi connectivity index (χ2n) is 9.96. The Morgan fingerprint density at radius 2 is 1.67 bits per heavy atom. The fourth-order valence-corrected chi connectivity index (χ4v) is 5.49. The highest BCUT2D eigenvalue weighted by molar-refractivity contribution is 5.97. The van der Waals surface area contributed by atoms with Crippen molar-refractivity contribution in [1.82, 2.24) is 14.9 Å². The van der Waals surface area contributed by atoms with Gasteiger partial charge in [-0.1, -0.05) is 12.2 Å². The van der Waals surface area contributed by atoms with Gasteiger partial charge in [0.15, 0.2) is 0 Å². The van der Waals surface area contributed by atoms with Crippen LogP contribution in [0.15, 0.2) is 48.6 Å². The number of amides is 1. The minimum Gasteiger partial charge on any atom is -0.481 e. The lowest BCUT2D eigenvalue weighted by atomic mass is 9.92. The number of halogens is 6. The van der Waals surface area contributed by atoms with Crippen LogP contribution in [0.5, 0.6) is 0 Å². The van der Waals surface area contributed by atoms with Crippen molar-refractivity contribution in [2.45, 2.75) is 44.1 Å². The van der Waals surface area contributed by atoms with E-state index in [1.165, 1.54) is 12.1 Å². The molecule has 0 spiro atoms. The summed E-state index contributed by atoms with van der Waals surface area (Å²) in [7, 11) is 0. The van der Waals surface area contributed by atoms with Crippen molar-refractivity contribution in [2.75, 3.05) is 6.54 Å². The summed E-state index contributed by atoms with van der Waals surface area (Å²) in [6.07, 6.45) is -4.37. The lowest BCUT2D eigenvalue weighted by Crippen LogP contribution is -2.25. The number of hydrogen-bond donors (Lipinski definition) is 2. The maximum absolute atomic E-state index is 13.5. The number of allylic oxidation sites excluding steroid dienone is 2. The number of nitrogens with one attached hydrogen (secondary N) is 1. The van der Waals surface area contributed by atoms with Crippen molar-refractivity contribution < 1.29 is 41.0 Å². The molecule has 0 radical (unpaired) electrons. The van der Waals surface area contributed by atoms with Crippen LogP contribution in [-0.2, 0) is 23.7 Å². The van der Waals surface area contributed by atoms with Crippen LogP contribution in [0.3, 0.4) is 0 Å². The summed E-state index contributed by atoms with van der Waals surface area (Å²) in [5.41, 5.74) is -1.92. The first-order valence-corrected chi connectivity index (χ1v) is 12.3. The number of carboxylic acids is 1. The number of alkyl halides is 6. The van der Waals surface area contributed by atoms with E-state index in [1.54, 1.807) is 10.6 Å². The van der Waals surface area contributed by atoms with Crippen molar-refractivity contribution in [3.63, 3.8) is 0 Å². The van der Waals surface area contributed by atoms with Crippen LogP contribution in [0.2, 0.25) is 0 Å². The number of carbonyl (C=O) groups excluding carboxylic acids is 1. The van der Waals surface area contributed by atoms with E-state index in [4.69, 9.17) is 10.1 Å². The molecule has 0 saturated heterocycles. The van der Waals surface area contributed by atoms with Crippen molar-refractivity contribution in [3.05, 3.63) is 76.6 Å². The van der Waals surface area contributed by atoms with Crippen LogP contribution in [-0.4, -0.2) is 33.1 Å². The Morgan fingerprint density at radius 1 is 0.974 bits per heavy atom. The number of rotatable bonds is 7. The van der Waals surface area contributed by atoms with Gasteiger partial charge in [0.25, 0.3) is 5.91 Å². The van der Waals surface area contributed by atoms with Crippen LogP contribution in [0, 0.1) is 11.8 Å². The van der Waals surface area contributed by atoms with Gasteiger partial charge in [0.1, 0.15) is 5.82 Å². The molecule has 2 aromatic carbocycles. The zero-order chi connectivity index (χ0) is 28.1. The van der Waals surface area contributed by atoms with E-state index >= 15 is 0 Å². The Bertz CT molecular complexity index is 1440. The number of benzene rings is 2. The highest BCUT2D eigenvalue weighted by Crippen LogP contribution is 2.49. The molecule has 39 heavy (non-hydrogen) atoms. The second-order valence-corrected chi connectivity index (χ2v) is 9.96. The lowest BCUT2D eigenvalue weighted by molar-refractivity contribution is -0.143. The molecule has 1 aromatic heterocycles. The number of carboxylic acid groups (broad SMARTS) is 1. The van der Waals surface area contributed by atoms with Crippen LogP contribution in [0.4, 0.5) is 26.3 Å². The third kappa shape index (κ3) is 5.50. The maximum Gasteiger partial charge on any atom is 0.416 e. The molecule has 1 saturated carbocycles. The van der Waals surface area contributed by atoms with Gasteiger partial charge >= 0.3 is 18.3 Å². The summed E-state index contributed by atoms with van der Waals surface area (Å²) in [5.74, 6) is -0.655. The summed E-state index contributed by atoms with van der Waals surface area (Å²) in [4.78, 5) is 28.0. The zero-order valence-electron chi connectivity index (χ0n) is 20.3. The Kier molecular flexibility index (Phi) is 6.68. The molecule has 0 aliphatic heterocycles. The van der Waals surface area contributed by atoms with Gasteiger partial charge in [-0.2, -0.15) is 26.3 Å². The first-order valence-electron chi connectivity index (χ1n) is 12.3. The monoisotopic (exact) mass is 551 g/mol. The number of hydrogen-bond acceptors (Lipinski definition) is 3. The molecule has 3 aromatic rings. The quantitative estimate of drug-likeness (QED) is 0.279. The number of nitrogens with zero attached hydrogens (tertiary/aromatic N) is 2. The zero-order valence-corrected chi connectivity index (χ0v) is 20.3. The molecule has 5 rings (SSSR count). The predicted octanol–water partition coefficient (Wildman–Crippen LogP) is 6.01. The number of aromatic nitrogens is 2. The Balaban J connectivity index is 1.56. The first-order chi connectivity index (χ1) is 18.3. The third-order valence-corrected chi connectivity index (χ3v) is 7.26. The smallest absolute Gasteiger partial charge is 0.416 e. The molecule has 2 N–H and O–H groups in total. The van der Waals surface area contributed by atoms with Crippen molar-refractivity contribution in [1.29, 1.82) is 0 Å². The summed E-state index contributed by atoms with van der Waals surface area (Å²) in [6.45, 7) is -0.360. The van der Waals surface area contributed by atoms with Gasteiger partial charge in [-0.15, -0.1) is 0 Å². The minimum atomic E-state index is -4.96. The number of imidazole rings is 1. The molecule has 1 fully saturated rings. The second kappa shape index (κ2) is 9.73. The molecular formula is C27H23F6N3O3. The predicted molar refractivity (Wildman–Crippen MR) is 128 cm³/mol. The van der Waals surface area contributed by atoms with E-state index in [2.05, 4.69) is 17.5 Å². The molecule has 3 unspecified atom stereocenters. The van der Waals surface area contributed by atoms with E-state index in [-0.39, 0.29) is 48.5 Å². The third-order valence-electron chi connectivity index (χ3n) is 7.26. The Labute approximate surface area is 218 Å². The highest BCUT2D eigenvalue weighted by atomic mass is 19.4. The van der Waals surface area contributed by atoms with Gasteiger partial charge in [-0.25, -0.2) is 4.98 Å². The summed E-state index contributed by atoms with van der Waals surface area (Å²) in [5, 5.41) is 11.3. The number of aliphatic carboxylic acids is 1. The highest BCUT2D eigenvalue weighted by Gasteiger charge is 2.40. The van der Waals surface area contributed by atoms with E-state index in [9.17, 15) is 35.9 Å².